The Morgan fingerprint density at radius 2 is 2.18 bits per heavy atom. The molecule has 0 bridgehead atoms. The number of nitriles is 1. The van der Waals surface area contributed by atoms with Crippen LogP contribution in [0.25, 0.3) is 10.9 Å². The van der Waals surface area contributed by atoms with Crippen LogP contribution in [0.15, 0.2) is 17.1 Å². The second-order valence-corrected chi connectivity index (χ2v) is 12.1. The van der Waals surface area contributed by atoms with E-state index in [9.17, 15) is 9.90 Å². The van der Waals surface area contributed by atoms with Crippen LogP contribution in [-0.2, 0) is 18.1 Å². The molecule has 2 aromatic rings. The largest absolute Gasteiger partial charge is 0.390 e. The number of pyridine rings is 1. The second kappa shape index (κ2) is 6.48. The highest BCUT2D eigenvalue weighted by molar-refractivity contribution is 6.76. The van der Waals surface area contributed by atoms with E-state index in [4.69, 9.17) is 10.00 Å². The SMILES string of the molecule is C[Si](C)(C)CCOCn1c(CO)cc2c(C#N)c[nH]c(=O)c21. The summed E-state index contributed by atoms with van der Waals surface area (Å²) in [6.45, 7) is 7.41. The molecule has 0 spiro atoms. The molecule has 0 unspecified atom stereocenters. The van der Waals surface area contributed by atoms with E-state index in [1.165, 1.54) is 6.20 Å². The number of aliphatic hydroxyl groups excluding tert-OH is 1. The number of fused-ring (bicyclic) bond motifs is 1. The maximum atomic E-state index is 12.1. The lowest BCUT2D eigenvalue weighted by atomic mass is 10.2. The Balaban J connectivity index is 2.32. The highest BCUT2D eigenvalue weighted by atomic mass is 28.3. The van der Waals surface area contributed by atoms with Crippen LogP contribution >= 0.6 is 0 Å². The molecule has 2 rings (SSSR count). The fourth-order valence-corrected chi connectivity index (χ4v) is 3.00. The lowest BCUT2D eigenvalue weighted by Gasteiger charge is -2.16. The second-order valence-electron chi connectivity index (χ2n) is 6.48. The van der Waals surface area contributed by atoms with E-state index in [-0.39, 0.29) is 18.9 Å². The van der Waals surface area contributed by atoms with Crippen LogP contribution in [0.3, 0.4) is 0 Å². The predicted molar refractivity (Wildman–Crippen MR) is 87.3 cm³/mol. The van der Waals surface area contributed by atoms with Gasteiger partial charge in [0.15, 0.2) is 0 Å². The van der Waals surface area contributed by atoms with Gasteiger partial charge in [-0.1, -0.05) is 19.6 Å². The van der Waals surface area contributed by atoms with Gasteiger partial charge in [-0.2, -0.15) is 5.26 Å². The quantitative estimate of drug-likeness (QED) is 0.629. The molecule has 0 amide bonds. The average Bonchev–Trinajstić information content (AvgIpc) is 2.82. The lowest BCUT2D eigenvalue weighted by molar-refractivity contribution is 0.0853. The van der Waals surface area contributed by atoms with Gasteiger partial charge in [-0.25, -0.2) is 0 Å². The number of ether oxygens (including phenoxy) is 1. The first-order valence-electron chi connectivity index (χ1n) is 7.20. The molecule has 2 aromatic heterocycles. The Morgan fingerprint density at radius 1 is 1.45 bits per heavy atom. The molecule has 6 nitrogen and oxygen atoms in total. The third-order valence-electron chi connectivity index (χ3n) is 3.53. The van der Waals surface area contributed by atoms with Crippen molar-refractivity contribution >= 4 is 19.0 Å². The van der Waals surface area contributed by atoms with Crippen molar-refractivity contribution in [1.29, 1.82) is 5.26 Å². The zero-order chi connectivity index (χ0) is 16.3. The van der Waals surface area contributed by atoms with Crippen LogP contribution in [0.5, 0.6) is 0 Å². The summed E-state index contributed by atoms with van der Waals surface area (Å²) >= 11 is 0. The Kier molecular flexibility index (Phi) is 4.86. The zero-order valence-electron chi connectivity index (χ0n) is 13.1. The summed E-state index contributed by atoms with van der Waals surface area (Å²) in [6.07, 6.45) is 1.39. The topological polar surface area (TPSA) is 91.0 Å². The van der Waals surface area contributed by atoms with Crippen molar-refractivity contribution in [2.45, 2.75) is 39.0 Å². The van der Waals surface area contributed by atoms with E-state index >= 15 is 0 Å². The molecule has 0 radical (unpaired) electrons. The number of hydrogen-bond acceptors (Lipinski definition) is 4. The van der Waals surface area contributed by atoms with Crippen molar-refractivity contribution in [3.05, 3.63) is 33.9 Å². The molecule has 0 saturated carbocycles. The molecule has 0 saturated heterocycles. The molecule has 0 aliphatic carbocycles. The van der Waals surface area contributed by atoms with Gasteiger partial charge < -0.3 is 19.4 Å². The van der Waals surface area contributed by atoms with Gasteiger partial charge in [-0.15, -0.1) is 0 Å². The summed E-state index contributed by atoms with van der Waals surface area (Å²) in [7, 11) is -1.18. The van der Waals surface area contributed by atoms with Crippen LogP contribution in [0, 0.1) is 11.3 Å². The Hall–Kier alpha value is -1.88. The van der Waals surface area contributed by atoms with Crippen molar-refractivity contribution in [3.63, 3.8) is 0 Å². The van der Waals surface area contributed by atoms with Crippen molar-refractivity contribution in [2.24, 2.45) is 0 Å². The minimum Gasteiger partial charge on any atom is -0.390 e. The minimum atomic E-state index is -1.18. The first kappa shape index (κ1) is 16.5. The average molecular weight is 319 g/mol. The van der Waals surface area contributed by atoms with Crippen LogP contribution in [0.2, 0.25) is 25.7 Å². The molecule has 0 aliphatic heterocycles. The summed E-state index contributed by atoms with van der Waals surface area (Å²) < 4.78 is 7.32. The van der Waals surface area contributed by atoms with E-state index in [1.54, 1.807) is 10.6 Å². The Labute approximate surface area is 130 Å². The number of hydrogen-bond donors (Lipinski definition) is 2. The number of aromatic nitrogens is 2. The lowest BCUT2D eigenvalue weighted by Crippen LogP contribution is -2.22. The summed E-state index contributed by atoms with van der Waals surface area (Å²) in [5.74, 6) is 0. The smallest absolute Gasteiger partial charge is 0.272 e. The van der Waals surface area contributed by atoms with Crippen LogP contribution in [0.1, 0.15) is 11.3 Å². The fourth-order valence-electron chi connectivity index (χ4n) is 2.24. The standard InChI is InChI=1S/C15H21N3O3Si/c1-22(2,3)5-4-21-10-18-12(9-19)6-13-11(7-16)8-17-15(20)14(13)18/h6,8,19H,4-5,9-10H2,1-3H3,(H,17,20). The molecular weight excluding hydrogens is 298 g/mol. The molecule has 118 valence electrons. The van der Waals surface area contributed by atoms with Crippen molar-refractivity contribution in [2.75, 3.05) is 6.61 Å². The van der Waals surface area contributed by atoms with E-state index in [2.05, 4.69) is 24.6 Å². The molecule has 0 atom stereocenters. The number of nitrogens with zero attached hydrogens (tertiary/aromatic N) is 2. The van der Waals surface area contributed by atoms with Gasteiger partial charge in [-0.3, -0.25) is 4.79 Å². The minimum absolute atomic E-state index is 0.196. The highest BCUT2D eigenvalue weighted by Gasteiger charge is 2.16. The van der Waals surface area contributed by atoms with Crippen LogP contribution < -0.4 is 5.56 Å². The molecule has 7 heteroatoms. The molecule has 0 aromatic carbocycles. The van der Waals surface area contributed by atoms with Crippen LogP contribution in [-0.4, -0.2) is 29.3 Å². The Morgan fingerprint density at radius 3 is 2.77 bits per heavy atom. The van der Waals surface area contributed by atoms with Crippen molar-refractivity contribution in [3.8, 4) is 6.07 Å². The summed E-state index contributed by atoms with van der Waals surface area (Å²) in [5.41, 5.74) is 1.03. The molecule has 22 heavy (non-hydrogen) atoms. The number of H-pyrrole nitrogens is 1. The molecule has 2 N–H and O–H groups in total. The van der Waals surface area contributed by atoms with E-state index in [1.807, 2.05) is 6.07 Å². The van der Waals surface area contributed by atoms with Gasteiger partial charge in [0.05, 0.1) is 12.2 Å². The monoisotopic (exact) mass is 319 g/mol. The number of aromatic amines is 1. The normalized spacial score (nSPS) is 11.8. The van der Waals surface area contributed by atoms with Gasteiger partial charge in [0.25, 0.3) is 5.56 Å². The predicted octanol–water partition coefficient (Wildman–Crippen LogP) is 2.01. The maximum absolute atomic E-state index is 12.1. The van der Waals surface area contributed by atoms with E-state index in [0.29, 0.717) is 28.8 Å². The summed E-state index contributed by atoms with van der Waals surface area (Å²) in [4.78, 5) is 14.6. The number of aliphatic hydroxyl groups is 1. The molecule has 2 heterocycles. The van der Waals surface area contributed by atoms with Crippen molar-refractivity contribution in [1.82, 2.24) is 9.55 Å². The highest BCUT2D eigenvalue weighted by Crippen LogP contribution is 2.20. The number of nitrogens with one attached hydrogen (secondary N) is 1. The van der Waals surface area contributed by atoms with Gasteiger partial charge >= 0.3 is 0 Å². The molecule has 0 fully saturated rings. The first-order chi connectivity index (χ1) is 10.4. The van der Waals surface area contributed by atoms with Gasteiger partial charge in [0.1, 0.15) is 18.3 Å². The van der Waals surface area contributed by atoms with Gasteiger partial charge in [0.2, 0.25) is 0 Å². The summed E-state index contributed by atoms with van der Waals surface area (Å²) in [5, 5.41) is 19.2. The van der Waals surface area contributed by atoms with E-state index in [0.717, 1.165) is 6.04 Å². The molecule has 0 aliphatic rings. The van der Waals surface area contributed by atoms with Gasteiger partial charge in [-0.05, 0) is 12.1 Å². The van der Waals surface area contributed by atoms with E-state index < -0.39 is 8.07 Å². The molecular formula is C15H21N3O3Si. The third kappa shape index (κ3) is 3.47. The maximum Gasteiger partial charge on any atom is 0.272 e. The third-order valence-corrected chi connectivity index (χ3v) is 5.24. The van der Waals surface area contributed by atoms with Crippen molar-refractivity contribution < 1.29 is 9.84 Å². The fraction of sp³-hybridized carbons (Fsp3) is 0.467. The summed E-state index contributed by atoms with van der Waals surface area (Å²) in [6, 6.07) is 4.75. The Bertz CT molecular complexity index is 765. The van der Waals surface area contributed by atoms with Crippen LogP contribution in [0.4, 0.5) is 0 Å². The first-order valence-corrected chi connectivity index (χ1v) is 10.9. The number of rotatable bonds is 6. The zero-order valence-corrected chi connectivity index (χ0v) is 14.1. The van der Waals surface area contributed by atoms with Gasteiger partial charge in [0, 0.05) is 32.0 Å².